The smallest absolute Gasteiger partial charge is 0.189 e. The SMILES string of the molecule is CC(C)=CCC/C(C)=C/CC/C(C)=C/CC/C(C)=C/CC/C(C)=C/CC/C(C)=C/CC/C(C)=C/CC1=C(C)C(=O)c2ccccc2C1O. The monoisotopic (exact) mass is 651 g/mol. The highest BCUT2D eigenvalue weighted by molar-refractivity contribution is 6.11. The van der Waals surface area contributed by atoms with Crippen molar-refractivity contribution in [2.45, 2.75) is 152 Å². The van der Waals surface area contributed by atoms with Gasteiger partial charge in [0.25, 0.3) is 0 Å². The molecular formula is C46H66O2. The van der Waals surface area contributed by atoms with Crippen molar-refractivity contribution in [1.82, 2.24) is 0 Å². The van der Waals surface area contributed by atoms with Crippen LogP contribution in [0.1, 0.15) is 168 Å². The molecule has 0 radical (unpaired) electrons. The topological polar surface area (TPSA) is 37.3 Å². The van der Waals surface area contributed by atoms with E-state index < -0.39 is 6.10 Å². The van der Waals surface area contributed by atoms with E-state index in [0.29, 0.717) is 17.6 Å². The summed E-state index contributed by atoms with van der Waals surface area (Å²) in [7, 11) is 0. The Kier molecular flexibility index (Phi) is 19.1. The van der Waals surface area contributed by atoms with E-state index >= 15 is 0 Å². The van der Waals surface area contributed by atoms with Crippen LogP contribution in [0.5, 0.6) is 0 Å². The molecule has 48 heavy (non-hydrogen) atoms. The van der Waals surface area contributed by atoms with Crippen LogP contribution in [-0.2, 0) is 0 Å². The molecule has 1 aromatic rings. The van der Waals surface area contributed by atoms with E-state index in [9.17, 15) is 9.90 Å². The molecule has 1 aliphatic rings. The molecule has 1 aromatic carbocycles. The third-order valence-corrected chi connectivity index (χ3v) is 9.57. The number of rotatable bonds is 20. The van der Waals surface area contributed by atoms with Crippen LogP contribution in [0.4, 0.5) is 0 Å². The van der Waals surface area contributed by atoms with Crippen LogP contribution >= 0.6 is 0 Å². The van der Waals surface area contributed by atoms with E-state index in [1.807, 2.05) is 31.2 Å². The average Bonchev–Trinajstić information content (AvgIpc) is 3.03. The third kappa shape index (κ3) is 15.8. The van der Waals surface area contributed by atoms with Crippen LogP contribution in [0.15, 0.2) is 117 Å². The van der Waals surface area contributed by atoms with E-state index in [-0.39, 0.29) is 5.78 Å². The first kappa shape index (κ1) is 40.9. The maximum atomic E-state index is 12.8. The number of aliphatic hydroxyl groups excluding tert-OH is 1. The van der Waals surface area contributed by atoms with Crippen LogP contribution in [-0.4, -0.2) is 10.9 Å². The summed E-state index contributed by atoms with van der Waals surface area (Å²) in [6, 6.07) is 7.42. The third-order valence-electron chi connectivity index (χ3n) is 9.57. The van der Waals surface area contributed by atoms with Gasteiger partial charge in [-0.2, -0.15) is 0 Å². The predicted octanol–water partition coefficient (Wildman–Crippen LogP) is 13.9. The first-order valence-corrected chi connectivity index (χ1v) is 18.5. The summed E-state index contributed by atoms with van der Waals surface area (Å²) < 4.78 is 0. The molecule has 0 heterocycles. The summed E-state index contributed by atoms with van der Waals surface area (Å²) in [4.78, 5) is 12.8. The number of Topliss-reactive ketones (excluding diaryl/α,β-unsaturated/α-hetero) is 1. The molecule has 1 atom stereocenters. The minimum absolute atomic E-state index is 0.0380. The number of aliphatic hydroxyl groups is 1. The molecule has 0 bridgehead atoms. The van der Waals surface area contributed by atoms with E-state index in [1.54, 1.807) is 0 Å². The fourth-order valence-corrected chi connectivity index (χ4v) is 6.16. The van der Waals surface area contributed by atoms with Crippen molar-refractivity contribution in [3.63, 3.8) is 0 Å². The second-order valence-electron chi connectivity index (χ2n) is 14.5. The normalized spacial score (nSPS) is 16.9. The molecule has 0 amide bonds. The van der Waals surface area contributed by atoms with Gasteiger partial charge in [-0.3, -0.25) is 4.79 Å². The molecule has 2 heteroatoms. The number of hydrogen-bond acceptors (Lipinski definition) is 2. The van der Waals surface area contributed by atoms with Crippen LogP contribution < -0.4 is 0 Å². The lowest BCUT2D eigenvalue weighted by Gasteiger charge is -2.25. The van der Waals surface area contributed by atoms with Gasteiger partial charge in [-0.15, -0.1) is 0 Å². The second-order valence-corrected chi connectivity index (χ2v) is 14.5. The van der Waals surface area contributed by atoms with E-state index in [0.717, 1.165) is 75.3 Å². The summed E-state index contributed by atoms with van der Waals surface area (Å²) in [5, 5.41) is 10.9. The Morgan fingerprint density at radius 3 is 1.31 bits per heavy atom. The number of allylic oxidation sites excluding steroid dienone is 15. The van der Waals surface area contributed by atoms with Crippen LogP contribution in [0, 0.1) is 0 Å². The first-order valence-electron chi connectivity index (χ1n) is 18.5. The van der Waals surface area contributed by atoms with Gasteiger partial charge >= 0.3 is 0 Å². The van der Waals surface area contributed by atoms with E-state index in [2.05, 4.69) is 97.9 Å². The Hall–Kier alpha value is -3.23. The van der Waals surface area contributed by atoms with Crippen molar-refractivity contribution in [3.05, 3.63) is 128 Å². The number of benzene rings is 1. The van der Waals surface area contributed by atoms with Gasteiger partial charge in [-0.05, 0) is 162 Å². The number of carbonyl (C=O) groups excluding carboxylic acids is 1. The van der Waals surface area contributed by atoms with Gasteiger partial charge in [-0.1, -0.05) is 106 Å². The Balaban J connectivity index is 1.65. The highest BCUT2D eigenvalue weighted by atomic mass is 16.3. The number of hydrogen-bond donors (Lipinski definition) is 1. The van der Waals surface area contributed by atoms with Gasteiger partial charge < -0.3 is 5.11 Å². The lowest BCUT2D eigenvalue weighted by molar-refractivity contribution is 0.101. The fourth-order valence-electron chi connectivity index (χ4n) is 6.16. The molecule has 0 saturated heterocycles. The number of carbonyl (C=O) groups is 1. The zero-order valence-electron chi connectivity index (χ0n) is 32.0. The van der Waals surface area contributed by atoms with Crippen LogP contribution in [0.2, 0.25) is 0 Å². The maximum Gasteiger partial charge on any atom is 0.189 e. The minimum atomic E-state index is -0.700. The molecular weight excluding hydrogens is 585 g/mol. The Labute approximate surface area is 294 Å². The summed E-state index contributed by atoms with van der Waals surface area (Å²) in [6.45, 7) is 19.7. The molecule has 2 nitrogen and oxygen atoms in total. The lowest BCUT2D eigenvalue weighted by Crippen LogP contribution is -2.19. The van der Waals surface area contributed by atoms with Crippen molar-refractivity contribution in [1.29, 1.82) is 0 Å². The van der Waals surface area contributed by atoms with E-state index in [4.69, 9.17) is 0 Å². The van der Waals surface area contributed by atoms with Gasteiger partial charge in [0.05, 0.1) is 0 Å². The maximum absolute atomic E-state index is 12.8. The number of ketones is 1. The fraction of sp³-hybridized carbons (Fsp3) is 0.500. The van der Waals surface area contributed by atoms with Crippen molar-refractivity contribution >= 4 is 5.78 Å². The minimum Gasteiger partial charge on any atom is -0.384 e. The highest BCUT2D eigenvalue weighted by Gasteiger charge is 2.28. The van der Waals surface area contributed by atoms with Gasteiger partial charge in [-0.25, -0.2) is 0 Å². The van der Waals surface area contributed by atoms with Crippen molar-refractivity contribution in [2.24, 2.45) is 0 Å². The summed E-state index contributed by atoms with van der Waals surface area (Å²) in [6.07, 6.45) is 30.0. The summed E-state index contributed by atoms with van der Waals surface area (Å²) in [5.74, 6) is 0.0380. The Morgan fingerprint density at radius 1 is 0.562 bits per heavy atom. The Bertz CT molecular complexity index is 1440. The second kappa shape index (κ2) is 22.4. The molecule has 1 N–H and O–H groups in total. The zero-order valence-corrected chi connectivity index (χ0v) is 32.0. The molecule has 0 saturated carbocycles. The molecule has 2 rings (SSSR count). The average molecular weight is 651 g/mol. The molecule has 0 aliphatic heterocycles. The van der Waals surface area contributed by atoms with Crippen LogP contribution in [0.25, 0.3) is 0 Å². The lowest BCUT2D eigenvalue weighted by atomic mass is 9.82. The molecule has 1 unspecified atom stereocenters. The number of fused-ring (bicyclic) bond motifs is 1. The van der Waals surface area contributed by atoms with Gasteiger partial charge in [0.1, 0.15) is 6.10 Å². The van der Waals surface area contributed by atoms with Crippen molar-refractivity contribution in [2.75, 3.05) is 0 Å². The van der Waals surface area contributed by atoms with Crippen molar-refractivity contribution in [3.8, 4) is 0 Å². The zero-order chi connectivity index (χ0) is 35.5. The largest absolute Gasteiger partial charge is 0.384 e. The van der Waals surface area contributed by atoms with Gasteiger partial charge in [0, 0.05) is 5.56 Å². The van der Waals surface area contributed by atoms with Crippen LogP contribution in [0.3, 0.4) is 0 Å². The summed E-state index contributed by atoms with van der Waals surface area (Å²) in [5.41, 5.74) is 13.0. The van der Waals surface area contributed by atoms with E-state index in [1.165, 1.54) is 51.9 Å². The van der Waals surface area contributed by atoms with Crippen molar-refractivity contribution < 1.29 is 9.90 Å². The molecule has 1 aliphatic carbocycles. The summed E-state index contributed by atoms with van der Waals surface area (Å²) >= 11 is 0. The highest BCUT2D eigenvalue weighted by Crippen LogP contribution is 2.36. The molecule has 262 valence electrons. The Morgan fingerprint density at radius 2 is 0.917 bits per heavy atom. The standard InChI is InChI=1S/C46H66O2/c1-34(2)18-12-19-35(3)20-13-21-36(4)22-14-23-37(5)24-15-25-38(6)26-16-27-39(7)28-17-29-40(8)32-33-42-41(9)45(47)43-30-10-11-31-44(43)46(42)48/h10-11,18,20,22,24,26,28,30-32,46,48H,12-17,19,21,23,25,27,29,33H2,1-9H3/b35-20+,36-22+,37-24+,38-26+,39-28+,40-32+. The first-order chi connectivity index (χ1) is 22.9. The molecule has 0 fully saturated rings. The van der Waals surface area contributed by atoms with Gasteiger partial charge in [0.2, 0.25) is 0 Å². The molecule has 0 spiro atoms. The quantitative estimate of drug-likeness (QED) is 0.143. The van der Waals surface area contributed by atoms with Gasteiger partial charge in [0.15, 0.2) is 5.78 Å². The predicted molar refractivity (Wildman–Crippen MR) is 210 cm³/mol. The molecule has 0 aromatic heterocycles.